The van der Waals surface area contributed by atoms with Crippen LogP contribution in [-0.4, -0.2) is 36.0 Å². The molecule has 5 aromatic heterocycles. The molecule has 1 aromatic carbocycles. The number of hydrogen-bond acceptors (Lipinski definition) is 5. The molecule has 1 aliphatic carbocycles. The Morgan fingerprint density at radius 2 is 1.77 bits per heavy atom. The number of fused-ring (bicyclic) bond motifs is 2. The fraction of sp³-hybridized carbons (Fsp3) is 0.167. The third-order valence-corrected chi connectivity index (χ3v) is 7.41. The molecule has 1 saturated carbocycles. The number of hydrogen-bond donors (Lipinski definition) is 3. The first-order valence-electron chi connectivity index (χ1n) is 13.0. The minimum atomic E-state index is -0.296. The number of carbonyl (C=O) groups excluding carboxylic acids is 1. The molecule has 39 heavy (non-hydrogen) atoms. The third-order valence-electron chi connectivity index (χ3n) is 7.41. The summed E-state index contributed by atoms with van der Waals surface area (Å²) < 4.78 is 13.9. The molecular formula is C30H24FN7O. The predicted molar refractivity (Wildman–Crippen MR) is 148 cm³/mol. The molecule has 0 atom stereocenters. The summed E-state index contributed by atoms with van der Waals surface area (Å²) in [5.41, 5.74) is 6.90. The molecule has 0 aliphatic heterocycles. The third kappa shape index (κ3) is 4.31. The lowest BCUT2D eigenvalue weighted by Crippen LogP contribution is -2.20. The van der Waals surface area contributed by atoms with Gasteiger partial charge in [0.2, 0.25) is 5.91 Å². The van der Waals surface area contributed by atoms with Crippen LogP contribution in [0.5, 0.6) is 0 Å². The van der Waals surface area contributed by atoms with Crippen LogP contribution in [0.4, 0.5) is 10.1 Å². The van der Waals surface area contributed by atoms with Crippen molar-refractivity contribution in [3.63, 3.8) is 0 Å². The quantitative estimate of drug-likeness (QED) is 0.242. The van der Waals surface area contributed by atoms with Gasteiger partial charge in [-0.2, -0.15) is 5.10 Å². The van der Waals surface area contributed by atoms with E-state index in [1.54, 1.807) is 37.1 Å². The summed E-state index contributed by atoms with van der Waals surface area (Å²) in [5.74, 6) is -0.169. The van der Waals surface area contributed by atoms with Crippen molar-refractivity contribution >= 4 is 33.4 Å². The Hall–Kier alpha value is -4.92. The van der Waals surface area contributed by atoms with Crippen LogP contribution in [0, 0.1) is 11.7 Å². The van der Waals surface area contributed by atoms with E-state index in [0.29, 0.717) is 11.4 Å². The number of benzene rings is 1. The van der Waals surface area contributed by atoms with Gasteiger partial charge < -0.3 is 10.3 Å². The van der Waals surface area contributed by atoms with Crippen LogP contribution in [-0.2, 0) is 4.79 Å². The summed E-state index contributed by atoms with van der Waals surface area (Å²) in [6.45, 7) is 0. The van der Waals surface area contributed by atoms with E-state index in [1.165, 1.54) is 12.1 Å². The lowest BCUT2D eigenvalue weighted by Gasteiger charge is -2.11. The molecule has 1 fully saturated rings. The van der Waals surface area contributed by atoms with Crippen molar-refractivity contribution in [2.24, 2.45) is 5.92 Å². The van der Waals surface area contributed by atoms with E-state index < -0.39 is 0 Å². The number of aromatic amines is 2. The molecule has 0 bridgehead atoms. The zero-order chi connectivity index (χ0) is 26.3. The van der Waals surface area contributed by atoms with Gasteiger partial charge in [-0.25, -0.2) is 4.39 Å². The van der Waals surface area contributed by atoms with E-state index in [9.17, 15) is 9.18 Å². The second-order valence-corrected chi connectivity index (χ2v) is 9.96. The van der Waals surface area contributed by atoms with Crippen molar-refractivity contribution in [3.05, 3.63) is 79.3 Å². The number of amides is 1. The second-order valence-electron chi connectivity index (χ2n) is 9.96. The first-order chi connectivity index (χ1) is 19.1. The number of pyridine rings is 3. The van der Waals surface area contributed by atoms with Crippen LogP contribution in [0.1, 0.15) is 25.7 Å². The van der Waals surface area contributed by atoms with Crippen LogP contribution in [0.25, 0.3) is 55.6 Å². The number of nitrogens with zero attached hydrogens (tertiary/aromatic N) is 4. The Balaban J connectivity index is 1.25. The highest BCUT2D eigenvalue weighted by molar-refractivity contribution is 6.01. The molecule has 9 heteroatoms. The van der Waals surface area contributed by atoms with Gasteiger partial charge in [0, 0.05) is 40.2 Å². The maximum Gasteiger partial charge on any atom is 0.227 e. The summed E-state index contributed by atoms with van der Waals surface area (Å²) in [7, 11) is 0. The van der Waals surface area contributed by atoms with Crippen LogP contribution < -0.4 is 5.32 Å². The van der Waals surface area contributed by atoms with Crippen molar-refractivity contribution in [1.29, 1.82) is 0 Å². The van der Waals surface area contributed by atoms with Crippen molar-refractivity contribution < 1.29 is 9.18 Å². The molecule has 0 unspecified atom stereocenters. The van der Waals surface area contributed by atoms with Gasteiger partial charge in [-0.05, 0) is 48.7 Å². The Labute approximate surface area is 222 Å². The largest absolute Gasteiger partial charge is 0.352 e. The van der Waals surface area contributed by atoms with Gasteiger partial charge in [0.05, 0.1) is 46.7 Å². The number of nitrogens with one attached hydrogen (secondary N) is 3. The molecule has 3 N–H and O–H groups in total. The molecule has 8 nitrogen and oxygen atoms in total. The van der Waals surface area contributed by atoms with Crippen LogP contribution in [0.15, 0.2) is 73.4 Å². The van der Waals surface area contributed by atoms with E-state index in [4.69, 9.17) is 0 Å². The maximum atomic E-state index is 13.9. The van der Waals surface area contributed by atoms with Gasteiger partial charge in [0.25, 0.3) is 0 Å². The summed E-state index contributed by atoms with van der Waals surface area (Å²) in [6.07, 6.45) is 12.7. The number of aromatic nitrogens is 6. The predicted octanol–water partition coefficient (Wildman–Crippen LogP) is 6.50. The number of anilines is 1. The van der Waals surface area contributed by atoms with Gasteiger partial charge in [-0.15, -0.1) is 0 Å². The van der Waals surface area contributed by atoms with E-state index in [-0.39, 0.29) is 17.6 Å². The van der Waals surface area contributed by atoms with Gasteiger partial charge in [-0.1, -0.05) is 25.0 Å². The standard InChI is InChI=1S/C30H24FN7O/c31-20-7-3-6-18(8-20)24-14-33-15-27-22(24)10-26(36-27)29-23-11-25(34-16-28(23)37-38-29)19-9-21(13-32-12-19)35-30(39)17-4-1-2-5-17/h3,6-17,36H,1-2,4-5H2,(H,35,39)(H,37,38). The number of rotatable bonds is 5. The number of carbonyl (C=O) groups is 1. The van der Waals surface area contributed by atoms with E-state index >= 15 is 0 Å². The molecular weight excluding hydrogens is 493 g/mol. The molecule has 0 saturated heterocycles. The van der Waals surface area contributed by atoms with Crippen LogP contribution in [0.3, 0.4) is 0 Å². The van der Waals surface area contributed by atoms with E-state index in [1.807, 2.05) is 24.3 Å². The molecule has 6 aromatic rings. The maximum absolute atomic E-state index is 13.9. The van der Waals surface area contributed by atoms with Crippen molar-refractivity contribution in [3.8, 4) is 33.8 Å². The minimum Gasteiger partial charge on any atom is -0.352 e. The summed E-state index contributed by atoms with van der Waals surface area (Å²) in [5, 5.41) is 12.4. The summed E-state index contributed by atoms with van der Waals surface area (Å²) in [4.78, 5) is 29.3. The minimum absolute atomic E-state index is 0.0536. The van der Waals surface area contributed by atoms with Gasteiger partial charge in [0.1, 0.15) is 11.5 Å². The van der Waals surface area contributed by atoms with Crippen molar-refractivity contribution in [2.45, 2.75) is 25.7 Å². The zero-order valence-electron chi connectivity index (χ0n) is 20.9. The number of H-pyrrole nitrogens is 2. The molecule has 0 radical (unpaired) electrons. The van der Waals surface area contributed by atoms with Crippen LogP contribution in [0.2, 0.25) is 0 Å². The van der Waals surface area contributed by atoms with Crippen LogP contribution >= 0.6 is 0 Å². The Bertz CT molecular complexity index is 1850. The van der Waals surface area contributed by atoms with Gasteiger partial charge >= 0.3 is 0 Å². The molecule has 1 aliphatic rings. The second kappa shape index (κ2) is 9.43. The molecule has 7 rings (SSSR count). The molecule has 5 heterocycles. The normalized spacial score (nSPS) is 13.9. The van der Waals surface area contributed by atoms with E-state index in [2.05, 4.69) is 35.5 Å². The highest BCUT2D eigenvalue weighted by Crippen LogP contribution is 2.35. The highest BCUT2D eigenvalue weighted by Gasteiger charge is 2.23. The monoisotopic (exact) mass is 517 g/mol. The first-order valence-corrected chi connectivity index (χ1v) is 13.0. The fourth-order valence-electron chi connectivity index (χ4n) is 5.43. The number of halogens is 1. The molecule has 1 amide bonds. The zero-order valence-corrected chi connectivity index (χ0v) is 20.9. The van der Waals surface area contributed by atoms with E-state index in [0.717, 1.165) is 75.6 Å². The Kier molecular flexibility index (Phi) is 5.61. The first kappa shape index (κ1) is 23.2. The van der Waals surface area contributed by atoms with Crippen molar-refractivity contribution in [2.75, 3.05) is 5.32 Å². The Morgan fingerprint density at radius 1 is 0.897 bits per heavy atom. The lowest BCUT2D eigenvalue weighted by molar-refractivity contribution is -0.119. The summed E-state index contributed by atoms with van der Waals surface area (Å²) >= 11 is 0. The molecule has 192 valence electrons. The highest BCUT2D eigenvalue weighted by atomic mass is 19.1. The van der Waals surface area contributed by atoms with Gasteiger partial charge in [-0.3, -0.25) is 24.8 Å². The van der Waals surface area contributed by atoms with Crippen molar-refractivity contribution in [1.82, 2.24) is 30.1 Å². The Morgan fingerprint density at radius 3 is 2.64 bits per heavy atom. The SMILES string of the molecule is O=C(Nc1cncc(-c2cc3c(-c4cc5c(-c6cccc(F)c6)cncc5[nH]4)n[nH]c3cn2)c1)C1CCCC1. The topological polar surface area (TPSA) is 112 Å². The molecule has 0 spiro atoms. The summed E-state index contributed by atoms with van der Waals surface area (Å²) in [6, 6.07) is 12.4. The average molecular weight is 518 g/mol. The average Bonchev–Trinajstić information content (AvgIpc) is 3.72. The van der Waals surface area contributed by atoms with Gasteiger partial charge in [0.15, 0.2) is 0 Å². The lowest BCUT2D eigenvalue weighted by atomic mass is 10.0. The fourth-order valence-corrected chi connectivity index (χ4v) is 5.43. The smallest absolute Gasteiger partial charge is 0.227 e.